The summed E-state index contributed by atoms with van der Waals surface area (Å²) in [5.41, 5.74) is 1.06. The molecule has 0 saturated heterocycles. The molecule has 2 rings (SSSR count). The van der Waals surface area contributed by atoms with Crippen LogP contribution in [0.4, 0.5) is 11.4 Å². The van der Waals surface area contributed by atoms with Gasteiger partial charge in [-0.1, -0.05) is 28.1 Å². The zero-order chi connectivity index (χ0) is 15.5. The SMILES string of the molecule is CCNc1ccccc1S(=O)(=O)Nc1cc(Br)ccc1Br. The molecule has 0 saturated carbocycles. The molecule has 0 unspecified atom stereocenters. The van der Waals surface area contributed by atoms with E-state index in [9.17, 15) is 8.42 Å². The van der Waals surface area contributed by atoms with Crippen molar-refractivity contribution in [3.63, 3.8) is 0 Å². The van der Waals surface area contributed by atoms with E-state index >= 15 is 0 Å². The van der Waals surface area contributed by atoms with Crippen molar-refractivity contribution >= 4 is 53.3 Å². The summed E-state index contributed by atoms with van der Waals surface area (Å²) < 4.78 is 29.2. The topological polar surface area (TPSA) is 58.2 Å². The number of hydrogen-bond acceptors (Lipinski definition) is 3. The summed E-state index contributed by atoms with van der Waals surface area (Å²) in [6, 6.07) is 12.1. The van der Waals surface area contributed by atoms with Crippen LogP contribution in [0.2, 0.25) is 0 Å². The van der Waals surface area contributed by atoms with E-state index in [4.69, 9.17) is 0 Å². The molecule has 112 valence electrons. The first-order valence-corrected chi connectivity index (χ1v) is 9.31. The maximum absolute atomic E-state index is 12.6. The molecule has 0 aliphatic carbocycles. The van der Waals surface area contributed by atoms with Gasteiger partial charge >= 0.3 is 0 Å². The second kappa shape index (κ2) is 6.81. The zero-order valence-electron chi connectivity index (χ0n) is 11.2. The Labute approximate surface area is 141 Å². The molecule has 0 bridgehead atoms. The smallest absolute Gasteiger partial charge is 0.263 e. The summed E-state index contributed by atoms with van der Waals surface area (Å²) in [7, 11) is -3.67. The van der Waals surface area contributed by atoms with Crippen LogP contribution in [0.1, 0.15) is 6.92 Å². The maximum atomic E-state index is 12.6. The predicted molar refractivity (Wildman–Crippen MR) is 93.3 cm³/mol. The molecular formula is C14H14Br2N2O2S. The lowest BCUT2D eigenvalue weighted by molar-refractivity contribution is 0.601. The van der Waals surface area contributed by atoms with Crippen molar-refractivity contribution in [1.82, 2.24) is 0 Å². The van der Waals surface area contributed by atoms with Crippen molar-refractivity contribution in [2.75, 3.05) is 16.6 Å². The van der Waals surface area contributed by atoms with E-state index < -0.39 is 10.0 Å². The molecule has 0 radical (unpaired) electrons. The fraction of sp³-hybridized carbons (Fsp3) is 0.143. The molecule has 0 aliphatic heterocycles. The van der Waals surface area contributed by atoms with E-state index in [1.807, 2.05) is 13.0 Å². The largest absolute Gasteiger partial charge is 0.384 e. The third-order valence-corrected chi connectivity index (χ3v) is 5.32. The summed E-state index contributed by atoms with van der Waals surface area (Å²) in [6.45, 7) is 2.56. The Morgan fingerprint density at radius 2 is 1.76 bits per heavy atom. The summed E-state index contributed by atoms with van der Waals surface area (Å²) in [5, 5.41) is 3.05. The number of anilines is 2. The zero-order valence-corrected chi connectivity index (χ0v) is 15.2. The predicted octanol–water partition coefficient (Wildman–Crippen LogP) is 4.44. The average molecular weight is 434 g/mol. The second-order valence-corrected chi connectivity index (χ2v) is 7.68. The number of halogens is 2. The average Bonchev–Trinajstić information content (AvgIpc) is 2.43. The Kier molecular flexibility index (Phi) is 5.29. The standard InChI is InChI=1S/C14H14Br2N2O2S/c1-2-17-12-5-3-4-6-14(12)21(19,20)18-13-9-10(15)7-8-11(13)16/h3-9,17-18H,2H2,1H3. The van der Waals surface area contributed by atoms with Crippen LogP contribution in [0.25, 0.3) is 0 Å². The number of nitrogens with one attached hydrogen (secondary N) is 2. The molecule has 2 aromatic rings. The van der Waals surface area contributed by atoms with Crippen molar-refractivity contribution in [2.24, 2.45) is 0 Å². The van der Waals surface area contributed by atoms with Crippen molar-refractivity contribution in [1.29, 1.82) is 0 Å². The maximum Gasteiger partial charge on any atom is 0.263 e. The highest BCUT2D eigenvalue weighted by Crippen LogP contribution is 2.30. The lowest BCUT2D eigenvalue weighted by Gasteiger charge is -2.14. The van der Waals surface area contributed by atoms with Crippen LogP contribution in [0, 0.1) is 0 Å². The van der Waals surface area contributed by atoms with Crippen molar-refractivity contribution in [2.45, 2.75) is 11.8 Å². The van der Waals surface area contributed by atoms with Gasteiger partial charge < -0.3 is 5.32 Å². The summed E-state index contributed by atoms with van der Waals surface area (Å²) in [6.07, 6.45) is 0. The number of sulfonamides is 1. The molecule has 0 heterocycles. The Hall–Kier alpha value is -1.05. The monoisotopic (exact) mass is 432 g/mol. The highest BCUT2D eigenvalue weighted by atomic mass is 79.9. The van der Waals surface area contributed by atoms with Crippen LogP contribution in [0.3, 0.4) is 0 Å². The van der Waals surface area contributed by atoms with Gasteiger partial charge in [0.2, 0.25) is 0 Å². The molecule has 2 aromatic carbocycles. The molecule has 0 amide bonds. The minimum Gasteiger partial charge on any atom is -0.384 e. The van der Waals surface area contributed by atoms with Gasteiger partial charge in [0.05, 0.1) is 11.4 Å². The van der Waals surface area contributed by atoms with E-state index in [-0.39, 0.29) is 4.90 Å². The second-order valence-electron chi connectivity index (χ2n) is 4.26. The van der Waals surface area contributed by atoms with Gasteiger partial charge in [0.15, 0.2) is 0 Å². The van der Waals surface area contributed by atoms with Gasteiger partial charge in [-0.2, -0.15) is 0 Å². The van der Waals surface area contributed by atoms with E-state index in [0.29, 0.717) is 22.4 Å². The molecule has 0 aliphatic rings. The molecule has 2 N–H and O–H groups in total. The van der Waals surface area contributed by atoms with Crippen LogP contribution >= 0.6 is 31.9 Å². The molecular weight excluding hydrogens is 420 g/mol. The molecule has 21 heavy (non-hydrogen) atoms. The normalized spacial score (nSPS) is 11.2. The van der Waals surface area contributed by atoms with Crippen LogP contribution in [-0.4, -0.2) is 15.0 Å². The first kappa shape index (κ1) is 16.3. The summed E-state index contributed by atoms with van der Waals surface area (Å²) in [5.74, 6) is 0. The Morgan fingerprint density at radius 3 is 2.48 bits per heavy atom. The van der Waals surface area contributed by atoms with Gasteiger partial charge in [-0.15, -0.1) is 0 Å². The van der Waals surface area contributed by atoms with E-state index in [0.717, 1.165) is 4.47 Å². The fourth-order valence-electron chi connectivity index (χ4n) is 1.81. The third kappa shape index (κ3) is 3.99. The molecule has 0 spiro atoms. The summed E-state index contributed by atoms with van der Waals surface area (Å²) in [4.78, 5) is 0.221. The number of benzene rings is 2. The lowest BCUT2D eigenvalue weighted by atomic mass is 10.3. The Bertz CT molecular complexity index is 748. The molecule has 0 fully saturated rings. The van der Waals surface area contributed by atoms with Gasteiger partial charge in [-0.05, 0) is 53.2 Å². The highest BCUT2D eigenvalue weighted by molar-refractivity contribution is 9.11. The van der Waals surface area contributed by atoms with E-state index in [2.05, 4.69) is 41.9 Å². The molecule has 4 nitrogen and oxygen atoms in total. The first-order valence-electron chi connectivity index (χ1n) is 6.25. The fourth-order valence-corrected chi connectivity index (χ4v) is 3.91. The van der Waals surface area contributed by atoms with Gasteiger partial charge in [-0.3, -0.25) is 4.72 Å². The van der Waals surface area contributed by atoms with Crippen molar-refractivity contribution in [3.8, 4) is 0 Å². The number of hydrogen-bond donors (Lipinski definition) is 2. The molecule has 7 heteroatoms. The van der Waals surface area contributed by atoms with Crippen molar-refractivity contribution < 1.29 is 8.42 Å². The first-order chi connectivity index (χ1) is 9.94. The third-order valence-electron chi connectivity index (χ3n) is 2.72. The lowest BCUT2D eigenvalue weighted by Crippen LogP contribution is -2.15. The van der Waals surface area contributed by atoms with Crippen LogP contribution in [-0.2, 0) is 10.0 Å². The van der Waals surface area contributed by atoms with E-state index in [1.165, 1.54) is 0 Å². The Morgan fingerprint density at radius 1 is 1.05 bits per heavy atom. The van der Waals surface area contributed by atoms with Gasteiger partial charge in [0.1, 0.15) is 4.90 Å². The van der Waals surface area contributed by atoms with Crippen LogP contribution in [0.5, 0.6) is 0 Å². The molecule has 0 atom stereocenters. The minimum atomic E-state index is -3.67. The highest BCUT2D eigenvalue weighted by Gasteiger charge is 2.19. The van der Waals surface area contributed by atoms with Crippen molar-refractivity contribution in [3.05, 3.63) is 51.4 Å². The minimum absolute atomic E-state index is 0.221. The summed E-state index contributed by atoms with van der Waals surface area (Å²) >= 11 is 6.67. The van der Waals surface area contributed by atoms with Gasteiger partial charge in [0, 0.05) is 15.5 Å². The van der Waals surface area contributed by atoms with E-state index in [1.54, 1.807) is 36.4 Å². The van der Waals surface area contributed by atoms with Gasteiger partial charge in [0.25, 0.3) is 10.0 Å². The Balaban J connectivity index is 2.41. The quantitative estimate of drug-likeness (QED) is 0.732. The number of rotatable bonds is 5. The van der Waals surface area contributed by atoms with Gasteiger partial charge in [-0.25, -0.2) is 8.42 Å². The molecule has 0 aromatic heterocycles. The van der Waals surface area contributed by atoms with Crippen LogP contribution in [0.15, 0.2) is 56.3 Å². The van der Waals surface area contributed by atoms with Crippen LogP contribution < -0.4 is 10.0 Å². The number of para-hydroxylation sites is 1.